The molecule has 1 aromatic heterocycles. The van der Waals surface area contributed by atoms with Crippen LogP contribution in [0.2, 0.25) is 0 Å². The summed E-state index contributed by atoms with van der Waals surface area (Å²) < 4.78 is 0. The minimum Gasteiger partial charge on any atom is -0.310 e. The van der Waals surface area contributed by atoms with Crippen molar-refractivity contribution in [1.29, 1.82) is 0 Å². The van der Waals surface area contributed by atoms with E-state index in [1.165, 1.54) is 0 Å². The summed E-state index contributed by atoms with van der Waals surface area (Å²) in [6, 6.07) is 6.77. The van der Waals surface area contributed by atoms with Gasteiger partial charge in [-0.2, -0.15) is 0 Å². The summed E-state index contributed by atoms with van der Waals surface area (Å²) in [6.45, 7) is 16.3. The minimum atomic E-state index is 0.218. The van der Waals surface area contributed by atoms with Gasteiger partial charge in [-0.25, -0.2) is 0 Å². The standard InChI is InChI=1S/C17H31N3/c1-7-17(5,6)18-12-15(4)20(8-2)13-16-11-9-10-14(3)19-16/h9-11,15,18H,7-8,12-13H2,1-6H3. The Kier molecular flexibility index (Phi) is 6.63. The smallest absolute Gasteiger partial charge is 0.0547 e. The maximum absolute atomic E-state index is 4.61. The normalized spacial score (nSPS) is 13.8. The van der Waals surface area contributed by atoms with Crippen molar-refractivity contribution >= 4 is 0 Å². The van der Waals surface area contributed by atoms with Gasteiger partial charge in [0.1, 0.15) is 0 Å². The van der Waals surface area contributed by atoms with Gasteiger partial charge in [-0.15, -0.1) is 0 Å². The molecule has 0 aliphatic rings. The van der Waals surface area contributed by atoms with Crippen LogP contribution in [0.1, 0.15) is 52.4 Å². The predicted octanol–water partition coefficient (Wildman–Crippen LogP) is 3.38. The highest BCUT2D eigenvalue weighted by Crippen LogP contribution is 2.10. The van der Waals surface area contributed by atoms with Gasteiger partial charge in [0.15, 0.2) is 0 Å². The van der Waals surface area contributed by atoms with E-state index in [-0.39, 0.29) is 5.54 Å². The molecule has 3 heteroatoms. The third kappa shape index (κ3) is 5.59. The first kappa shape index (κ1) is 17.1. The Balaban J connectivity index is 2.57. The van der Waals surface area contributed by atoms with Gasteiger partial charge >= 0.3 is 0 Å². The van der Waals surface area contributed by atoms with Gasteiger partial charge in [-0.3, -0.25) is 9.88 Å². The topological polar surface area (TPSA) is 28.2 Å². The van der Waals surface area contributed by atoms with Crippen LogP contribution in [0.15, 0.2) is 18.2 Å². The van der Waals surface area contributed by atoms with E-state index in [2.05, 4.69) is 74.9 Å². The molecule has 0 amide bonds. The van der Waals surface area contributed by atoms with E-state index in [0.717, 1.165) is 37.4 Å². The molecule has 0 radical (unpaired) electrons. The van der Waals surface area contributed by atoms with E-state index in [9.17, 15) is 0 Å². The number of aryl methyl sites for hydroxylation is 1. The van der Waals surface area contributed by atoms with Crippen LogP contribution < -0.4 is 5.32 Å². The Morgan fingerprint density at radius 2 is 2.00 bits per heavy atom. The quantitative estimate of drug-likeness (QED) is 0.789. The molecule has 0 saturated heterocycles. The molecule has 0 aromatic carbocycles. The van der Waals surface area contributed by atoms with E-state index in [0.29, 0.717) is 6.04 Å². The van der Waals surface area contributed by atoms with Crippen LogP contribution in [0.3, 0.4) is 0 Å². The summed E-state index contributed by atoms with van der Waals surface area (Å²) in [5.41, 5.74) is 2.47. The lowest BCUT2D eigenvalue weighted by atomic mass is 10.0. The van der Waals surface area contributed by atoms with Crippen molar-refractivity contribution in [2.75, 3.05) is 13.1 Å². The number of likely N-dealkylation sites (N-methyl/N-ethyl adjacent to an activating group) is 1. The van der Waals surface area contributed by atoms with E-state index in [1.54, 1.807) is 0 Å². The van der Waals surface area contributed by atoms with Crippen LogP contribution in [0.4, 0.5) is 0 Å². The van der Waals surface area contributed by atoms with E-state index in [1.807, 2.05) is 0 Å². The van der Waals surface area contributed by atoms with Crippen molar-refractivity contribution in [3.63, 3.8) is 0 Å². The minimum absolute atomic E-state index is 0.218. The number of pyridine rings is 1. The van der Waals surface area contributed by atoms with Crippen molar-refractivity contribution in [2.45, 2.75) is 66.1 Å². The van der Waals surface area contributed by atoms with Crippen LogP contribution in [-0.2, 0) is 6.54 Å². The lowest BCUT2D eigenvalue weighted by Gasteiger charge is -2.32. The summed E-state index contributed by atoms with van der Waals surface area (Å²) in [4.78, 5) is 7.08. The molecule has 0 spiro atoms. The van der Waals surface area contributed by atoms with Crippen LogP contribution in [0, 0.1) is 6.92 Å². The van der Waals surface area contributed by atoms with Crippen LogP contribution in [0.25, 0.3) is 0 Å². The molecule has 0 bridgehead atoms. The Morgan fingerprint density at radius 1 is 1.30 bits per heavy atom. The second-order valence-electron chi connectivity index (χ2n) is 6.30. The molecule has 1 aromatic rings. The number of hydrogen-bond acceptors (Lipinski definition) is 3. The highest BCUT2D eigenvalue weighted by Gasteiger charge is 2.18. The summed E-state index contributed by atoms with van der Waals surface area (Å²) in [6.07, 6.45) is 1.14. The van der Waals surface area contributed by atoms with Crippen LogP contribution in [-0.4, -0.2) is 34.6 Å². The highest BCUT2D eigenvalue weighted by molar-refractivity contribution is 5.09. The first-order valence-corrected chi connectivity index (χ1v) is 7.79. The molecular formula is C17H31N3. The zero-order chi connectivity index (χ0) is 15.2. The number of nitrogens with one attached hydrogen (secondary N) is 1. The van der Waals surface area contributed by atoms with Crippen molar-refractivity contribution in [3.8, 4) is 0 Å². The SMILES string of the molecule is CCN(Cc1cccc(C)n1)C(C)CNC(C)(C)CC. The molecule has 20 heavy (non-hydrogen) atoms. The maximum Gasteiger partial charge on any atom is 0.0547 e. The zero-order valence-corrected chi connectivity index (χ0v) is 14.0. The Morgan fingerprint density at radius 3 is 2.55 bits per heavy atom. The average Bonchev–Trinajstić information content (AvgIpc) is 2.42. The summed E-state index contributed by atoms with van der Waals surface area (Å²) in [7, 11) is 0. The molecular weight excluding hydrogens is 246 g/mol. The lowest BCUT2D eigenvalue weighted by molar-refractivity contribution is 0.190. The van der Waals surface area contributed by atoms with E-state index >= 15 is 0 Å². The number of nitrogens with zero attached hydrogens (tertiary/aromatic N) is 2. The van der Waals surface area contributed by atoms with Crippen molar-refractivity contribution in [1.82, 2.24) is 15.2 Å². The molecule has 1 rings (SSSR count). The number of hydrogen-bond donors (Lipinski definition) is 1. The van der Waals surface area contributed by atoms with Gasteiger partial charge in [-0.1, -0.05) is 19.9 Å². The second-order valence-corrected chi connectivity index (χ2v) is 6.30. The third-order valence-corrected chi connectivity index (χ3v) is 4.10. The Bertz CT molecular complexity index is 401. The molecule has 0 saturated carbocycles. The largest absolute Gasteiger partial charge is 0.310 e. The molecule has 0 aliphatic carbocycles. The predicted molar refractivity (Wildman–Crippen MR) is 86.9 cm³/mol. The van der Waals surface area contributed by atoms with Gasteiger partial charge in [0.05, 0.1) is 5.69 Å². The van der Waals surface area contributed by atoms with E-state index < -0.39 is 0 Å². The molecule has 1 N–H and O–H groups in total. The third-order valence-electron chi connectivity index (χ3n) is 4.10. The van der Waals surface area contributed by atoms with Gasteiger partial charge in [-0.05, 0) is 52.8 Å². The van der Waals surface area contributed by atoms with Crippen molar-refractivity contribution < 1.29 is 0 Å². The summed E-state index contributed by atoms with van der Waals surface area (Å²) in [5.74, 6) is 0. The summed E-state index contributed by atoms with van der Waals surface area (Å²) >= 11 is 0. The Labute approximate surface area is 124 Å². The Hall–Kier alpha value is -0.930. The fourth-order valence-electron chi connectivity index (χ4n) is 2.15. The van der Waals surface area contributed by atoms with Gasteiger partial charge in [0, 0.05) is 30.4 Å². The maximum atomic E-state index is 4.61. The van der Waals surface area contributed by atoms with Gasteiger partial charge in [0.25, 0.3) is 0 Å². The molecule has 0 fully saturated rings. The first-order chi connectivity index (χ1) is 9.38. The van der Waals surface area contributed by atoms with Crippen molar-refractivity contribution in [3.05, 3.63) is 29.6 Å². The second kappa shape index (κ2) is 7.75. The van der Waals surface area contributed by atoms with E-state index in [4.69, 9.17) is 0 Å². The monoisotopic (exact) mass is 277 g/mol. The molecule has 1 atom stereocenters. The van der Waals surface area contributed by atoms with Crippen LogP contribution in [0.5, 0.6) is 0 Å². The fraction of sp³-hybridized carbons (Fsp3) is 0.706. The molecule has 1 heterocycles. The highest BCUT2D eigenvalue weighted by atomic mass is 15.2. The number of aromatic nitrogens is 1. The van der Waals surface area contributed by atoms with Crippen molar-refractivity contribution in [2.24, 2.45) is 0 Å². The van der Waals surface area contributed by atoms with Crippen LogP contribution >= 0.6 is 0 Å². The fourth-order valence-corrected chi connectivity index (χ4v) is 2.15. The first-order valence-electron chi connectivity index (χ1n) is 7.79. The number of rotatable bonds is 8. The zero-order valence-electron chi connectivity index (χ0n) is 14.0. The molecule has 1 unspecified atom stereocenters. The van der Waals surface area contributed by atoms with Gasteiger partial charge in [0.2, 0.25) is 0 Å². The average molecular weight is 277 g/mol. The summed E-state index contributed by atoms with van der Waals surface area (Å²) in [5, 5.41) is 3.66. The van der Waals surface area contributed by atoms with Gasteiger partial charge < -0.3 is 5.32 Å². The molecule has 114 valence electrons. The lowest BCUT2D eigenvalue weighted by Crippen LogP contribution is -2.47. The molecule has 3 nitrogen and oxygen atoms in total. The molecule has 0 aliphatic heterocycles.